The van der Waals surface area contributed by atoms with Gasteiger partial charge in [-0.25, -0.2) is 9.78 Å². The van der Waals surface area contributed by atoms with Gasteiger partial charge in [-0.3, -0.25) is 0 Å². The first-order valence-electron chi connectivity index (χ1n) is 5.90. The van der Waals surface area contributed by atoms with Gasteiger partial charge in [0.05, 0.1) is 13.2 Å². The molecule has 0 fully saturated rings. The van der Waals surface area contributed by atoms with E-state index in [1.165, 1.54) is 22.0 Å². The zero-order valence-electron chi connectivity index (χ0n) is 11.4. The summed E-state index contributed by atoms with van der Waals surface area (Å²) in [6.45, 7) is 6.89. The summed E-state index contributed by atoms with van der Waals surface area (Å²) in [5.41, 5.74) is 0. The molecule has 0 unspecified atom stereocenters. The monoisotopic (exact) mass is 370 g/mol. The maximum Gasteiger partial charge on any atom is 0.389 e. The quantitative estimate of drug-likeness (QED) is 0.121. The second-order valence-corrected chi connectivity index (χ2v) is 8.83. The van der Waals surface area contributed by atoms with E-state index in [0.29, 0.717) is 13.2 Å². The van der Waals surface area contributed by atoms with Crippen molar-refractivity contribution < 1.29 is 24.0 Å². The Morgan fingerprint density at radius 2 is 1.53 bits per heavy atom. The molecule has 1 N–H and O–H groups in total. The second-order valence-electron chi connectivity index (χ2n) is 3.00. The molecule has 0 rings (SSSR count). The molecule has 0 spiro atoms. The third kappa shape index (κ3) is 25.0. The van der Waals surface area contributed by atoms with Crippen LogP contribution in [0.15, 0.2) is 0 Å². The lowest BCUT2D eigenvalue weighted by atomic mass is 10.5. The van der Waals surface area contributed by atoms with Crippen LogP contribution in [0.5, 0.6) is 0 Å². The molecule has 0 aromatic carbocycles. The normalized spacial score (nSPS) is 10.4. The van der Waals surface area contributed by atoms with Gasteiger partial charge in [0.25, 0.3) is 0 Å². The molecule has 0 heterocycles. The molecule has 0 aromatic heterocycles. The van der Waals surface area contributed by atoms with E-state index in [0.717, 1.165) is 12.8 Å². The number of hydrogen-bond acceptors (Lipinski definition) is 9. The average molecular weight is 371 g/mol. The van der Waals surface area contributed by atoms with Crippen molar-refractivity contribution in [1.82, 2.24) is 0 Å². The van der Waals surface area contributed by atoms with Crippen molar-refractivity contribution in [1.29, 1.82) is 0 Å². The van der Waals surface area contributed by atoms with Gasteiger partial charge in [0.2, 0.25) is 0 Å². The molecule has 0 saturated carbocycles. The molecule has 0 saturated heterocycles. The largest absolute Gasteiger partial charge is 0.389 e. The summed E-state index contributed by atoms with van der Waals surface area (Å²) in [4.78, 5) is 18.0. The maximum atomic E-state index is 8.87. The van der Waals surface area contributed by atoms with E-state index in [1.807, 2.05) is 24.6 Å². The van der Waals surface area contributed by atoms with Crippen molar-refractivity contribution in [3.8, 4) is 0 Å². The van der Waals surface area contributed by atoms with Crippen LogP contribution < -0.4 is 0 Å². The lowest BCUT2D eigenvalue weighted by Gasteiger charge is -2.07. The van der Waals surface area contributed by atoms with Gasteiger partial charge in [-0.2, -0.15) is 9.35 Å². The average Bonchev–Trinajstić information content (AvgIpc) is 2.41. The van der Waals surface area contributed by atoms with Gasteiger partial charge in [-0.05, 0) is 38.9 Å². The predicted molar refractivity (Wildman–Crippen MR) is 90.7 cm³/mol. The van der Waals surface area contributed by atoms with Gasteiger partial charge >= 0.3 is 8.60 Å². The first-order chi connectivity index (χ1) is 9.22. The Morgan fingerprint density at radius 3 is 1.89 bits per heavy atom. The van der Waals surface area contributed by atoms with Crippen molar-refractivity contribution in [2.45, 2.75) is 40.0 Å². The summed E-state index contributed by atoms with van der Waals surface area (Å²) in [7, 11) is 3.05. The minimum absolute atomic E-state index is 0.427. The van der Waals surface area contributed by atoms with Crippen LogP contribution in [0.25, 0.3) is 0 Å². The van der Waals surface area contributed by atoms with Crippen molar-refractivity contribution >= 4 is 50.7 Å². The Labute approximate surface area is 133 Å². The predicted octanol–water partition coefficient (Wildman–Crippen LogP) is 5.19. The minimum atomic E-state index is -2.05. The number of thiol groups is 1. The highest BCUT2D eigenvalue weighted by atomic mass is 33.7. The zero-order valence-corrected chi connectivity index (χ0v) is 15.7. The Hall–Kier alpha value is 1.63. The van der Waals surface area contributed by atoms with Crippen molar-refractivity contribution in [2.75, 3.05) is 19.0 Å². The van der Waals surface area contributed by atoms with E-state index in [4.69, 9.17) is 4.89 Å². The molecule has 0 radical (unpaired) electrons. The second kappa shape index (κ2) is 21.9. The molecule has 5 nitrogen and oxygen atoms in total. The van der Waals surface area contributed by atoms with Crippen LogP contribution in [0.2, 0.25) is 0 Å². The number of hydrogen-bond donors (Lipinski definition) is 2. The highest BCUT2D eigenvalue weighted by Crippen LogP contribution is 2.36. The lowest BCUT2D eigenvalue weighted by molar-refractivity contribution is -0.266. The van der Waals surface area contributed by atoms with Gasteiger partial charge in [0, 0.05) is 5.75 Å². The molecule has 0 bridgehead atoms. The maximum absolute atomic E-state index is 8.87. The first-order valence-corrected chi connectivity index (χ1v) is 11.7. The Bertz CT molecular complexity index is 147. The van der Waals surface area contributed by atoms with Crippen LogP contribution in [-0.2, 0) is 19.1 Å². The van der Waals surface area contributed by atoms with Crippen LogP contribution in [0.4, 0.5) is 0 Å². The van der Waals surface area contributed by atoms with Gasteiger partial charge in [0.15, 0.2) is 0 Å². The lowest BCUT2D eigenvalue weighted by Crippen LogP contribution is -1.96. The highest BCUT2D eigenvalue weighted by Gasteiger charge is 2.08. The third-order valence-electron chi connectivity index (χ3n) is 1.17. The fraction of sp³-hybridized carbons (Fsp3) is 1.00. The fourth-order valence-electron chi connectivity index (χ4n) is 0.483. The van der Waals surface area contributed by atoms with Crippen molar-refractivity contribution in [3.05, 3.63) is 0 Å². The molecule has 10 heteroatoms. The first kappa shape index (κ1) is 22.9. The van der Waals surface area contributed by atoms with Gasteiger partial charge < -0.3 is 4.89 Å². The molecule has 0 aliphatic heterocycles. The molecule has 0 amide bonds. The van der Waals surface area contributed by atoms with Crippen LogP contribution >= 0.6 is 50.7 Å². The van der Waals surface area contributed by atoms with E-state index < -0.39 is 8.60 Å². The van der Waals surface area contributed by atoms with E-state index in [2.05, 4.69) is 37.7 Å². The van der Waals surface area contributed by atoms with E-state index in [-0.39, 0.29) is 0 Å². The summed E-state index contributed by atoms with van der Waals surface area (Å²) in [6.07, 6.45) is 2.89. The van der Waals surface area contributed by atoms with Gasteiger partial charge in [-0.1, -0.05) is 43.2 Å². The highest BCUT2D eigenvalue weighted by molar-refractivity contribution is 9.23. The molecule has 19 heavy (non-hydrogen) atoms. The molecule has 0 aliphatic rings. The van der Waals surface area contributed by atoms with E-state index in [1.54, 1.807) is 9.83 Å². The topological polar surface area (TPSA) is 57.2 Å². The summed E-state index contributed by atoms with van der Waals surface area (Å²) in [5, 5.41) is 0. The van der Waals surface area contributed by atoms with Crippen molar-refractivity contribution in [2.24, 2.45) is 0 Å². The smallest absolute Gasteiger partial charge is 0.325 e. The van der Waals surface area contributed by atoms with Gasteiger partial charge in [0.1, 0.15) is 0 Å². The summed E-state index contributed by atoms with van der Waals surface area (Å²) in [5.74, 6) is 1.23. The summed E-state index contributed by atoms with van der Waals surface area (Å²) < 4.78 is 8.80. The Morgan fingerprint density at radius 1 is 1.00 bits per heavy atom. The number of rotatable bonds is 12. The van der Waals surface area contributed by atoms with Crippen LogP contribution in [0, 0.1) is 0 Å². The van der Waals surface area contributed by atoms with Crippen LogP contribution in [-0.4, -0.2) is 23.9 Å². The van der Waals surface area contributed by atoms with Crippen molar-refractivity contribution in [3.63, 3.8) is 0 Å². The summed E-state index contributed by atoms with van der Waals surface area (Å²) >= 11 is 3.95. The standard InChI is InChI=1S/C6H15O5P.C3H8S4/c1-3-5-8-10-12(7)11-9-6-4-2;1-2-3-5-7-6-4/h7H,3-6H2,1-2H3;4H,2-3H2,1H3. The Balaban J connectivity index is 0. The molecule has 0 atom stereocenters. The molecule has 0 aliphatic carbocycles. The third-order valence-corrected chi connectivity index (χ3v) is 6.40. The van der Waals surface area contributed by atoms with Crippen LogP contribution in [0.1, 0.15) is 40.0 Å². The van der Waals surface area contributed by atoms with E-state index in [9.17, 15) is 0 Å². The molecular formula is C9H23O5PS4. The molecular weight excluding hydrogens is 347 g/mol. The fourth-order valence-corrected chi connectivity index (χ4v) is 4.11. The minimum Gasteiger partial charge on any atom is -0.325 e. The zero-order chi connectivity index (χ0) is 14.8. The van der Waals surface area contributed by atoms with Crippen LogP contribution in [0.3, 0.4) is 0 Å². The molecule has 118 valence electrons. The van der Waals surface area contributed by atoms with Gasteiger partial charge in [-0.15, -0.1) is 0 Å². The molecule has 0 aromatic rings. The van der Waals surface area contributed by atoms with E-state index >= 15 is 0 Å². The summed E-state index contributed by atoms with van der Waals surface area (Å²) in [6, 6.07) is 0. The SMILES string of the molecule is CCCOOP(O)OOCCC.CCCSSSS. The Kier molecular flexibility index (Phi) is 26.4.